The molecule has 1 aliphatic carbocycles. The Bertz CT molecular complexity index is 262. The van der Waals surface area contributed by atoms with Crippen LogP contribution in [0.5, 0.6) is 0 Å². The number of alkyl halides is 1. The minimum absolute atomic E-state index is 0.467. The summed E-state index contributed by atoms with van der Waals surface area (Å²) >= 11 is 8.95. The van der Waals surface area contributed by atoms with Gasteiger partial charge in [-0.15, -0.1) is 0 Å². The van der Waals surface area contributed by atoms with E-state index in [4.69, 9.17) is 22.6 Å². The summed E-state index contributed by atoms with van der Waals surface area (Å²) in [5.74, 6) is -0.492. The zero-order valence-electron chi connectivity index (χ0n) is 5.59. The molecule has 2 atom stereocenters. The van der Waals surface area contributed by atoms with E-state index in [1.807, 2.05) is 6.07 Å². The second-order valence-corrected chi connectivity index (χ2v) is 4.11. The number of rotatable bonds is 0. The van der Waals surface area contributed by atoms with Crippen molar-refractivity contribution in [1.29, 1.82) is 5.26 Å². The van der Waals surface area contributed by atoms with Gasteiger partial charge in [0, 0.05) is 5.03 Å². The predicted octanol–water partition coefficient (Wildman–Crippen LogP) is 1.87. The summed E-state index contributed by atoms with van der Waals surface area (Å²) in [5, 5.41) is 9.14. The third-order valence-electron chi connectivity index (χ3n) is 1.45. The molecular weight excluding hydrogens is 227 g/mol. The number of allylic oxidation sites excluding steroid dienone is 2. The Kier molecular flexibility index (Phi) is 2.38. The van der Waals surface area contributed by atoms with E-state index in [0.29, 0.717) is 5.03 Å². The molecule has 0 radical (unpaired) electrons. The standard InChI is InChI=1S/C7H6BrClN2/c8-7(11)3-1-2-6(9)5(7)4-10/h1-3,5H,11H2. The number of halogens is 2. The maximum absolute atomic E-state index is 8.68. The van der Waals surface area contributed by atoms with Gasteiger partial charge in [0.15, 0.2) is 0 Å². The topological polar surface area (TPSA) is 49.8 Å². The van der Waals surface area contributed by atoms with Crippen LogP contribution >= 0.6 is 27.5 Å². The largest absolute Gasteiger partial charge is 0.312 e. The van der Waals surface area contributed by atoms with E-state index in [2.05, 4.69) is 15.9 Å². The summed E-state index contributed by atoms with van der Waals surface area (Å²) in [5.41, 5.74) is 5.71. The van der Waals surface area contributed by atoms with Crippen molar-refractivity contribution in [3.8, 4) is 6.07 Å². The van der Waals surface area contributed by atoms with Crippen molar-refractivity contribution in [3.05, 3.63) is 23.3 Å². The van der Waals surface area contributed by atoms with Crippen molar-refractivity contribution >= 4 is 27.5 Å². The van der Waals surface area contributed by atoms with Gasteiger partial charge in [0.05, 0.1) is 6.07 Å². The quantitative estimate of drug-likeness (QED) is 0.513. The Morgan fingerprint density at radius 3 is 2.82 bits per heavy atom. The molecule has 2 N–H and O–H groups in total. The lowest BCUT2D eigenvalue weighted by atomic mass is 9.97. The molecule has 0 fully saturated rings. The van der Waals surface area contributed by atoms with Crippen LogP contribution < -0.4 is 5.73 Å². The molecule has 0 aromatic heterocycles. The van der Waals surface area contributed by atoms with Gasteiger partial charge in [0.25, 0.3) is 0 Å². The first kappa shape index (κ1) is 8.79. The molecule has 0 aromatic rings. The summed E-state index contributed by atoms with van der Waals surface area (Å²) in [7, 11) is 0. The molecular formula is C7H6BrClN2. The van der Waals surface area contributed by atoms with Crippen LogP contribution in [0, 0.1) is 17.2 Å². The first-order chi connectivity index (χ1) is 5.08. The Morgan fingerprint density at radius 1 is 1.82 bits per heavy atom. The minimum atomic E-state index is -0.812. The Balaban J connectivity index is 3.00. The normalized spacial score (nSPS) is 36.2. The van der Waals surface area contributed by atoms with Crippen molar-refractivity contribution in [2.24, 2.45) is 11.7 Å². The Morgan fingerprint density at radius 2 is 2.45 bits per heavy atom. The van der Waals surface area contributed by atoms with Crippen molar-refractivity contribution < 1.29 is 0 Å². The lowest BCUT2D eigenvalue weighted by molar-refractivity contribution is 0.644. The third kappa shape index (κ3) is 1.64. The van der Waals surface area contributed by atoms with E-state index in [-0.39, 0.29) is 0 Å². The molecule has 0 spiro atoms. The van der Waals surface area contributed by atoms with E-state index in [1.54, 1.807) is 18.2 Å². The highest BCUT2D eigenvalue weighted by Crippen LogP contribution is 2.34. The van der Waals surface area contributed by atoms with Gasteiger partial charge in [-0.1, -0.05) is 39.7 Å². The van der Waals surface area contributed by atoms with E-state index in [1.165, 1.54) is 0 Å². The molecule has 0 saturated heterocycles. The molecule has 0 saturated carbocycles. The van der Waals surface area contributed by atoms with Crippen LogP contribution in [0.3, 0.4) is 0 Å². The number of nitriles is 1. The van der Waals surface area contributed by atoms with Crippen LogP contribution in [0.2, 0.25) is 0 Å². The van der Waals surface area contributed by atoms with Crippen molar-refractivity contribution in [2.45, 2.75) is 4.45 Å². The zero-order chi connectivity index (χ0) is 8.48. The van der Waals surface area contributed by atoms with Gasteiger partial charge >= 0.3 is 0 Å². The highest BCUT2D eigenvalue weighted by atomic mass is 79.9. The van der Waals surface area contributed by atoms with Gasteiger partial charge in [-0.05, 0) is 6.08 Å². The SMILES string of the molecule is N#CC1C(Cl)=CC=CC1(N)Br. The van der Waals surface area contributed by atoms with Crippen molar-refractivity contribution in [3.63, 3.8) is 0 Å². The monoisotopic (exact) mass is 232 g/mol. The van der Waals surface area contributed by atoms with Gasteiger partial charge in [-0.3, -0.25) is 0 Å². The first-order valence-corrected chi connectivity index (χ1v) is 4.17. The lowest BCUT2D eigenvalue weighted by Gasteiger charge is -2.25. The first-order valence-electron chi connectivity index (χ1n) is 3.00. The maximum atomic E-state index is 8.68. The molecule has 2 nitrogen and oxygen atoms in total. The molecule has 2 unspecified atom stereocenters. The minimum Gasteiger partial charge on any atom is -0.312 e. The molecule has 4 heteroatoms. The van der Waals surface area contributed by atoms with Gasteiger partial charge < -0.3 is 5.73 Å². The van der Waals surface area contributed by atoms with Gasteiger partial charge in [-0.2, -0.15) is 5.26 Å². The van der Waals surface area contributed by atoms with E-state index < -0.39 is 10.4 Å². The maximum Gasteiger partial charge on any atom is 0.113 e. The zero-order valence-corrected chi connectivity index (χ0v) is 7.93. The molecule has 0 aromatic carbocycles. The Hall–Kier alpha value is -0.300. The average molecular weight is 233 g/mol. The van der Waals surface area contributed by atoms with Crippen LogP contribution in [0.15, 0.2) is 23.3 Å². The molecule has 0 amide bonds. The highest BCUT2D eigenvalue weighted by Gasteiger charge is 2.33. The number of hydrogen-bond donors (Lipinski definition) is 1. The van der Waals surface area contributed by atoms with Crippen LogP contribution in [0.4, 0.5) is 0 Å². The summed E-state index contributed by atoms with van der Waals surface area (Å²) in [6.07, 6.45) is 5.10. The number of hydrogen-bond acceptors (Lipinski definition) is 2. The molecule has 0 bridgehead atoms. The molecule has 1 aliphatic rings. The molecule has 58 valence electrons. The van der Waals surface area contributed by atoms with Gasteiger partial charge in [-0.25, -0.2) is 0 Å². The smallest absolute Gasteiger partial charge is 0.113 e. The fourth-order valence-corrected chi connectivity index (χ4v) is 1.79. The van der Waals surface area contributed by atoms with E-state index >= 15 is 0 Å². The van der Waals surface area contributed by atoms with Crippen LogP contribution in [-0.4, -0.2) is 4.45 Å². The van der Waals surface area contributed by atoms with Crippen molar-refractivity contribution in [1.82, 2.24) is 0 Å². The summed E-state index contributed by atoms with van der Waals surface area (Å²) in [6, 6.07) is 2.02. The predicted molar refractivity (Wildman–Crippen MR) is 48.0 cm³/mol. The molecule has 0 heterocycles. The summed E-state index contributed by atoms with van der Waals surface area (Å²) in [4.78, 5) is 0. The lowest BCUT2D eigenvalue weighted by Crippen LogP contribution is -2.39. The molecule has 11 heavy (non-hydrogen) atoms. The Labute approximate surface area is 78.4 Å². The highest BCUT2D eigenvalue weighted by molar-refractivity contribution is 9.10. The van der Waals surface area contributed by atoms with Gasteiger partial charge in [0.1, 0.15) is 10.4 Å². The van der Waals surface area contributed by atoms with Crippen LogP contribution in [0.1, 0.15) is 0 Å². The fourth-order valence-electron chi connectivity index (χ4n) is 0.852. The van der Waals surface area contributed by atoms with Crippen LogP contribution in [0.25, 0.3) is 0 Å². The van der Waals surface area contributed by atoms with E-state index in [9.17, 15) is 0 Å². The summed E-state index contributed by atoms with van der Waals surface area (Å²) < 4.78 is -0.812. The molecule has 1 rings (SSSR count). The van der Waals surface area contributed by atoms with E-state index in [0.717, 1.165) is 0 Å². The van der Waals surface area contributed by atoms with Gasteiger partial charge in [0.2, 0.25) is 0 Å². The summed E-state index contributed by atoms with van der Waals surface area (Å²) in [6.45, 7) is 0. The fraction of sp³-hybridized carbons (Fsp3) is 0.286. The second-order valence-electron chi connectivity index (χ2n) is 2.30. The third-order valence-corrected chi connectivity index (χ3v) is 2.52. The number of nitrogens with two attached hydrogens (primary N) is 1. The van der Waals surface area contributed by atoms with Crippen LogP contribution in [-0.2, 0) is 0 Å². The second kappa shape index (κ2) is 2.98. The van der Waals surface area contributed by atoms with Crippen molar-refractivity contribution in [2.75, 3.05) is 0 Å². The average Bonchev–Trinajstić information content (AvgIpc) is 1.86. The molecule has 0 aliphatic heterocycles. The number of nitrogens with zero attached hydrogens (tertiary/aromatic N) is 1.